The Hall–Kier alpha value is 1.05. The third kappa shape index (κ3) is 3.15. The molecule has 0 aromatic carbocycles. The predicted molar refractivity (Wildman–Crippen MR) is 33.5 cm³/mol. The fourth-order valence-electron chi connectivity index (χ4n) is 0.902. The van der Waals surface area contributed by atoms with Gasteiger partial charge in [-0.15, -0.1) is 0 Å². The second kappa shape index (κ2) is 4.88. The maximum absolute atomic E-state index is 5.34. The molecule has 1 nitrogen and oxygen atoms in total. The zero-order valence-electron chi connectivity index (χ0n) is 5.31. The molecule has 1 rings (SSSR count). The van der Waals surface area contributed by atoms with E-state index in [1.165, 1.54) is 29.5 Å². The van der Waals surface area contributed by atoms with Gasteiger partial charge < -0.3 is 4.74 Å². The van der Waals surface area contributed by atoms with Crippen molar-refractivity contribution < 1.29 is 30.6 Å². The Labute approximate surface area is 72.4 Å². The Morgan fingerprint density at radius 2 is 2.12 bits per heavy atom. The molecule has 0 bridgehead atoms. The number of rotatable bonds is 0. The van der Waals surface area contributed by atoms with Gasteiger partial charge in [-0.25, -0.2) is 0 Å². The van der Waals surface area contributed by atoms with Crippen LogP contribution in [0.1, 0.15) is 19.3 Å². The van der Waals surface area contributed by atoms with Gasteiger partial charge in [0.1, 0.15) is 0 Å². The molecule has 1 heterocycles. The molecule has 0 radical (unpaired) electrons. The zero-order valence-corrected chi connectivity index (χ0v) is 10.9. The topological polar surface area (TPSA) is 9.23 Å². The van der Waals surface area contributed by atoms with E-state index < -0.39 is 0 Å². The van der Waals surface area contributed by atoms with E-state index in [1.807, 2.05) is 0 Å². The van der Waals surface area contributed by atoms with E-state index >= 15 is 0 Å². The van der Waals surface area contributed by atoms with Crippen LogP contribution in [-0.2, 0) is 30.6 Å². The van der Waals surface area contributed by atoms with Gasteiger partial charge >= 0.3 is 0 Å². The van der Waals surface area contributed by atoms with Crippen molar-refractivity contribution in [3.05, 3.63) is 0 Å². The molecule has 1 aliphatic rings. The quantitative estimate of drug-likeness (QED) is 0.566. The van der Waals surface area contributed by atoms with Crippen molar-refractivity contribution in [1.29, 1.82) is 0 Å². The van der Waals surface area contributed by atoms with Crippen molar-refractivity contribution in [2.45, 2.75) is 25.0 Å². The summed E-state index contributed by atoms with van der Waals surface area (Å²) >= 11 is 0. The van der Waals surface area contributed by atoms with Crippen LogP contribution < -0.4 is 0 Å². The average molecular weight is 295 g/mol. The predicted octanol–water partition coefficient (Wildman–Crippen LogP) is -0.124. The molecule has 3 heteroatoms. The van der Waals surface area contributed by atoms with E-state index in [1.54, 1.807) is 0 Å². The first kappa shape index (κ1) is 9.05. The summed E-state index contributed by atoms with van der Waals surface area (Å²) < 4.78 is 5.34. The van der Waals surface area contributed by atoms with Gasteiger partial charge in [-0.05, 0) is 19.3 Å². The molecule has 1 aliphatic heterocycles. The van der Waals surface area contributed by atoms with Gasteiger partial charge in [-0.2, -0.15) is 0 Å². The second-order valence-corrected chi connectivity index (χ2v) is 3.47. The first-order valence-electron chi connectivity index (χ1n) is 3.01. The normalized spacial score (nSPS) is 29.2. The molecular formula is C5H12HfOSi. The van der Waals surface area contributed by atoms with Crippen molar-refractivity contribution in [3.63, 3.8) is 0 Å². The standard InChI is InChI=1S/C5H12OSi.Hf/c7-5-3-1-2-4-6-5;/h5H,1-4H2,7H3;. The molecule has 8 heavy (non-hydrogen) atoms. The molecule has 1 fully saturated rings. The first-order valence-corrected chi connectivity index (χ1v) is 4.16. The molecule has 0 spiro atoms. The van der Waals surface area contributed by atoms with Crippen molar-refractivity contribution in [3.8, 4) is 0 Å². The molecule has 0 aliphatic carbocycles. The summed E-state index contributed by atoms with van der Waals surface area (Å²) in [6.07, 6.45) is 4.01. The van der Waals surface area contributed by atoms with Crippen LogP contribution >= 0.6 is 0 Å². The summed E-state index contributed by atoms with van der Waals surface area (Å²) in [6, 6.07) is 0. The van der Waals surface area contributed by atoms with Crippen molar-refractivity contribution >= 4 is 10.2 Å². The van der Waals surface area contributed by atoms with E-state index in [9.17, 15) is 0 Å². The molecule has 0 saturated carbocycles. The second-order valence-electron chi connectivity index (χ2n) is 2.18. The monoisotopic (exact) mass is 296 g/mol. The third-order valence-electron chi connectivity index (χ3n) is 1.41. The van der Waals surface area contributed by atoms with Crippen molar-refractivity contribution in [2.24, 2.45) is 0 Å². The minimum Gasteiger partial charge on any atom is -0.383 e. The summed E-state index contributed by atoms with van der Waals surface area (Å²) in [6.45, 7) is 1.02. The minimum atomic E-state index is 0. The largest absolute Gasteiger partial charge is 0.383 e. The molecule has 46 valence electrons. The molecule has 1 saturated heterocycles. The molecule has 1 unspecified atom stereocenters. The Bertz CT molecular complexity index is 54.4. The van der Waals surface area contributed by atoms with E-state index in [2.05, 4.69) is 0 Å². The van der Waals surface area contributed by atoms with E-state index in [4.69, 9.17) is 4.74 Å². The molecule has 1 atom stereocenters. The SMILES string of the molecule is [Hf].[SiH3]C1CCCCO1. The van der Waals surface area contributed by atoms with Crippen LogP contribution in [0.5, 0.6) is 0 Å². The molecule has 0 aromatic rings. The van der Waals surface area contributed by atoms with Gasteiger partial charge in [0.2, 0.25) is 0 Å². The Morgan fingerprint density at radius 1 is 1.38 bits per heavy atom. The maximum atomic E-state index is 5.34. The summed E-state index contributed by atoms with van der Waals surface area (Å²) in [5, 5.41) is 0. The maximum Gasteiger partial charge on any atom is 0.0465 e. The van der Waals surface area contributed by atoms with E-state index in [-0.39, 0.29) is 25.8 Å². The number of hydrogen-bond acceptors (Lipinski definition) is 1. The summed E-state index contributed by atoms with van der Waals surface area (Å²) in [5.41, 5.74) is 0.675. The smallest absolute Gasteiger partial charge is 0.0465 e. The Balaban J connectivity index is 0.000000490. The van der Waals surface area contributed by atoms with Crippen LogP contribution in [0.3, 0.4) is 0 Å². The molecular weight excluding hydrogens is 283 g/mol. The number of ether oxygens (including phenoxy) is 1. The fraction of sp³-hybridized carbons (Fsp3) is 1.00. The van der Waals surface area contributed by atoms with Gasteiger partial charge in [0.05, 0.1) is 0 Å². The summed E-state index contributed by atoms with van der Waals surface area (Å²) in [7, 11) is 1.23. The van der Waals surface area contributed by atoms with Gasteiger partial charge in [-0.1, -0.05) is 0 Å². The first-order chi connectivity index (χ1) is 3.39. The van der Waals surface area contributed by atoms with Crippen LogP contribution in [-0.4, -0.2) is 22.6 Å². The van der Waals surface area contributed by atoms with E-state index in [0.717, 1.165) is 6.61 Å². The zero-order chi connectivity index (χ0) is 5.11. The molecule has 0 aromatic heterocycles. The Kier molecular flexibility index (Phi) is 5.52. The average Bonchev–Trinajstić information content (AvgIpc) is 1.69. The van der Waals surface area contributed by atoms with Gasteiger partial charge in [-0.3, -0.25) is 0 Å². The third-order valence-corrected chi connectivity index (χ3v) is 2.32. The Morgan fingerprint density at radius 3 is 2.38 bits per heavy atom. The van der Waals surface area contributed by atoms with Gasteiger partial charge in [0, 0.05) is 48.4 Å². The summed E-state index contributed by atoms with van der Waals surface area (Å²) in [5.74, 6) is 0. The fourth-order valence-corrected chi connectivity index (χ4v) is 1.55. The van der Waals surface area contributed by atoms with Crippen LogP contribution in [0.15, 0.2) is 0 Å². The van der Waals surface area contributed by atoms with Gasteiger partial charge in [0.15, 0.2) is 0 Å². The van der Waals surface area contributed by atoms with Crippen molar-refractivity contribution in [1.82, 2.24) is 0 Å². The summed E-state index contributed by atoms with van der Waals surface area (Å²) in [4.78, 5) is 0. The minimum absolute atomic E-state index is 0. The van der Waals surface area contributed by atoms with Crippen LogP contribution in [0.25, 0.3) is 0 Å². The van der Waals surface area contributed by atoms with E-state index in [0.29, 0.717) is 5.73 Å². The van der Waals surface area contributed by atoms with Gasteiger partial charge in [0.25, 0.3) is 0 Å². The number of hydrogen-bond donors (Lipinski definition) is 0. The van der Waals surface area contributed by atoms with Crippen molar-refractivity contribution in [2.75, 3.05) is 6.61 Å². The van der Waals surface area contributed by atoms with Crippen LogP contribution in [0.2, 0.25) is 0 Å². The van der Waals surface area contributed by atoms with Crippen LogP contribution in [0, 0.1) is 0 Å². The molecule has 0 N–H and O–H groups in total. The molecule has 0 amide bonds. The van der Waals surface area contributed by atoms with Crippen LogP contribution in [0.4, 0.5) is 0 Å².